The molecule has 18 heavy (non-hydrogen) atoms. The van der Waals surface area contributed by atoms with Crippen molar-refractivity contribution in [3.63, 3.8) is 0 Å². The van der Waals surface area contributed by atoms with E-state index in [1.165, 1.54) is 12.0 Å². The highest BCUT2D eigenvalue weighted by molar-refractivity contribution is 5.79. The Morgan fingerprint density at radius 2 is 2.11 bits per heavy atom. The highest BCUT2D eigenvalue weighted by Crippen LogP contribution is 2.13. The number of ether oxygens (including phenoxy) is 1. The van der Waals surface area contributed by atoms with E-state index in [-0.39, 0.29) is 5.43 Å². The summed E-state index contributed by atoms with van der Waals surface area (Å²) in [6.07, 6.45) is 3.36. The van der Waals surface area contributed by atoms with Gasteiger partial charge in [0, 0.05) is 29.8 Å². The third kappa shape index (κ3) is 2.79. The molecular weight excluding hydrogens is 226 g/mol. The Morgan fingerprint density at radius 1 is 1.28 bits per heavy atom. The van der Waals surface area contributed by atoms with Gasteiger partial charge in [-0.15, -0.1) is 0 Å². The summed E-state index contributed by atoms with van der Waals surface area (Å²) >= 11 is 0. The van der Waals surface area contributed by atoms with Gasteiger partial charge in [0.05, 0.1) is 6.61 Å². The number of pyridine rings is 1. The first-order valence-electron chi connectivity index (χ1n) is 6.38. The Labute approximate surface area is 107 Å². The maximum Gasteiger partial charge on any atom is 0.189 e. The van der Waals surface area contributed by atoms with Crippen LogP contribution in [0, 0.1) is 0 Å². The van der Waals surface area contributed by atoms with Gasteiger partial charge in [0.15, 0.2) is 5.43 Å². The molecule has 0 amide bonds. The first-order valence-corrected chi connectivity index (χ1v) is 6.38. The number of hydrogen-bond acceptors (Lipinski definition) is 2. The Hall–Kier alpha value is -1.61. The van der Waals surface area contributed by atoms with Crippen LogP contribution in [0.25, 0.3) is 10.9 Å². The van der Waals surface area contributed by atoms with Crippen molar-refractivity contribution >= 4 is 10.9 Å². The van der Waals surface area contributed by atoms with Crippen molar-refractivity contribution in [2.24, 2.45) is 0 Å². The first-order chi connectivity index (χ1) is 8.74. The van der Waals surface area contributed by atoms with E-state index in [9.17, 15) is 4.79 Å². The summed E-state index contributed by atoms with van der Waals surface area (Å²) in [5.41, 5.74) is 2.99. The Balaban J connectivity index is 2.41. The van der Waals surface area contributed by atoms with Crippen molar-refractivity contribution < 1.29 is 4.74 Å². The standard InChI is InChI=1S/C15H19NO2/c1-3-4-5-11-6-7-14-13(8-11)15(17)9-12(16-14)10-18-2/h6-9H,3-5,10H2,1-2H3,(H,16,17). The van der Waals surface area contributed by atoms with Crippen molar-refractivity contribution in [1.82, 2.24) is 4.98 Å². The minimum atomic E-state index is 0.0640. The lowest BCUT2D eigenvalue weighted by Crippen LogP contribution is -2.06. The van der Waals surface area contributed by atoms with Gasteiger partial charge in [0.25, 0.3) is 0 Å². The van der Waals surface area contributed by atoms with Crippen LogP contribution in [0.15, 0.2) is 29.1 Å². The van der Waals surface area contributed by atoms with Crippen molar-refractivity contribution in [3.8, 4) is 0 Å². The van der Waals surface area contributed by atoms with Gasteiger partial charge in [-0.1, -0.05) is 19.4 Å². The molecule has 0 aliphatic heterocycles. The second kappa shape index (κ2) is 5.83. The molecule has 0 aliphatic rings. The summed E-state index contributed by atoms with van der Waals surface area (Å²) in [7, 11) is 1.62. The molecule has 2 rings (SSSR count). The van der Waals surface area contributed by atoms with Crippen LogP contribution in [0.3, 0.4) is 0 Å². The van der Waals surface area contributed by atoms with Gasteiger partial charge in [-0.25, -0.2) is 0 Å². The molecule has 0 bridgehead atoms. The predicted molar refractivity (Wildman–Crippen MR) is 73.9 cm³/mol. The first kappa shape index (κ1) is 12.8. The van der Waals surface area contributed by atoms with E-state index >= 15 is 0 Å². The van der Waals surface area contributed by atoms with E-state index in [0.29, 0.717) is 6.61 Å². The van der Waals surface area contributed by atoms with Gasteiger partial charge in [-0.2, -0.15) is 0 Å². The summed E-state index contributed by atoms with van der Waals surface area (Å²) in [5, 5.41) is 0.767. The monoisotopic (exact) mass is 245 g/mol. The van der Waals surface area contributed by atoms with Crippen LogP contribution in [-0.4, -0.2) is 12.1 Å². The second-order valence-corrected chi connectivity index (χ2v) is 4.58. The number of aryl methyl sites for hydroxylation is 1. The summed E-state index contributed by atoms with van der Waals surface area (Å²) in [5.74, 6) is 0. The van der Waals surface area contributed by atoms with E-state index in [2.05, 4.69) is 18.0 Å². The number of aromatic amines is 1. The Bertz CT molecular complexity index is 587. The van der Waals surface area contributed by atoms with E-state index in [0.717, 1.165) is 29.4 Å². The minimum Gasteiger partial charge on any atom is -0.378 e. The summed E-state index contributed by atoms with van der Waals surface area (Å²) in [4.78, 5) is 15.3. The molecule has 96 valence electrons. The average Bonchev–Trinajstić information content (AvgIpc) is 2.37. The second-order valence-electron chi connectivity index (χ2n) is 4.58. The van der Waals surface area contributed by atoms with Crippen molar-refractivity contribution in [2.75, 3.05) is 7.11 Å². The number of nitrogens with one attached hydrogen (secondary N) is 1. The molecule has 0 atom stereocenters. The molecule has 0 radical (unpaired) electrons. The predicted octanol–water partition coefficient (Wildman–Crippen LogP) is 3.02. The molecule has 1 N–H and O–H groups in total. The van der Waals surface area contributed by atoms with Crippen molar-refractivity contribution in [3.05, 3.63) is 45.7 Å². The number of H-pyrrole nitrogens is 1. The molecule has 0 saturated carbocycles. The van der Waals surface area contributed by atoms with Crippen LogP contribution in [0.5, 0.6) is 0 Å². The van der Waals surface area contributed by atoms with E-state index in [1.54, 1.807) is 13.2 Å². The summed E-state index contributed by atoms with van der Waals surface area (Å²) in [6.45, 7) is 2.60. The highest BCUT2D eigenvalue weighted by Gasteiger charge is 2.03. The molecule has 0 saturated heterocycles. The SMILES string of the molecule is CCCCc1ccc2[nH]c(COC)cc(=O)c2c1. The third-order valence-electron chi connectivity index (χ3n) is 3.07. The minimum absolute atomic E-state index is 0.0640. The Morgan fingerprint density at radius 3 is 2.83 bits per heavy atom. The van der Waals surface area contributed by atoms with E-state index < -0.39 is 0 Å². The number of benzene rings is 1. The molecule has 2 aromatic rings. The van der Waals surface area contributed by atoms with Gasteiger partial charge in [-0.05, 0) is 30.5 Å². The van der Waals surface area contributed by atoms with Crippen LogP contribution in [-0.2, 0) is 17.8 Å². The fourth-order valence-corrected chi connectivity index (χ4v) is 2.12. The summed E-state index contributed by atoms with van der Waals surface area (Å²) < 4.78 is 5.04. The van der Waals surface area contributed by atoms with Gasteiger partial charge >= 0.3 is 0 Å². The lowest BCUT2D eigenvalue weighted by atomic mass is 10.1. The molecule has 0 fully saturated rings. The van der Waals surface area contributed by atoms with Crippen LogP contribution >= 0.6 is 0 Å². The smallest absolute Gasteiger partial charge is 0.189 e. The van der Waals surface area contributed by atoms with Gasteiger partial charge < -0.3 is 9.72 Å². The largest absolute Gasteiger partial charge is 0.378 e. The molecule has 1 aromatic heterocycles. The van der Waals surface area contributed by atoms with Crippen LogP contribution in [0.4, 0.5) is 0 Å². The zero-order valence-corrected chi connectivity index (χ0v) is 11.0. The molecule has 0 aliphatic carbocycles. The molecular formula is C15H19NO2. The fraction of sp³-hybridized carbons (Fsp3) is 0.400. The van der Waals surface area contributed by atoms with Crippen molar-refractivity contribution in [2.45, 2.75) is 32.8 Å². The van der Waals surface area contributed by atoms with Gasteiger partial charge in [-0.3, -0.25) is 4.79 Å². The van der Waals surface area contributed by atoms with Crippen LogP contribution in [0.1, 0.15) is 31.0 Å². The third-order valence-corrected chi connectivity index (χ3v) is 3.07. The van der Waals surface area contributed by atoms with Crippen LogP contribution in [0.2, 0.25) is 0 Å². The zero-order chi connectivity index (χ0) is 13.0. The number of aromatic nitrogens is 1. The molecule has 1 heterocycles. The normalized spacial score (nSPS) is 11.0. The highest BCUT2D eigenvalue weighted by atomic mass is 16.5. The summed E-state index contributed by atoms with van der Waals surface area (Å²) in [6, 6.07) is 7.70. The number of unbranched alkanes of at least 4 members (excludes halogenated alkanes) is 1. The lowest BCUT2D eigenvalue weighted by Gasteiger charge is -2.05. The lowest BCUT2D eigenvalue weighted by molar-refractivity contribution is 0.181. The zero-order valence-electron chi connectivity index (χ0n) is 11.0. The molecule has 3 nitrogen and oxygen atoms in total. The van der Waals surface area contributed by atoms with Gasteiger partial charge in [0.2, 0.25) is 0 Å². The van der Waals surface area contributed by atoms with Crippen molar-refractivity contribution in [1.29, 1.82) is 0 Å². The molecule has 3 heteroatoms. The number of fused-ring (bicyclic) bond motifs is 1. The van der Waals surface area contributed by atoms with Gasteiger partial charge in [0.1, 0.15) is 0 Å². The Kier molecular flexibility index (Phi) is 4.15. The average molecular weight is 245 g/mol. The number of rotatable bonds is 5. The number of hydrogen-bond donors (Lipinski definition) is 1. The maximum absolute atomic E-state index is 12.0. The van der Waals surface area contributed by atoms with Crippen LogP contribution < -0.4 is 5.43 Å². The van der Waals surface area contributed by atoms with E-state index in [4.69, 9.17) is 4.74 Å². The number of methoxy groups -OCH3 is 1. The molecule has 1 aromatic carbocycles. The molecule has 0 unspecified atom stereocenters. The quantitative estimate of drug-likeness (QED) is 0.879. The molecule has 0 spiro atoms. The van der Waals surface area contributed by atoms with E-state index in [1.807, 2.05) is 12.1 Å². The maximum atomic E-state index is 12.0. The fourth-order valence-electron chi connectivity index (χ4n) is 2.12. The topological polar surface area (TPSA) is 42.1 Å².